The minimum absolute atomic E-state index is 0.0487. The van der Waals surface area contributed by atoms with Gasteiger partial charge < -0.3 is 10.5 Å². The fourth-order valence-electron chi connectivity index (χ4n) is 2.61. The standard InChI is InChI=1S/C16H28N2O2/c1-8-12-13(9-11(2)17)18(10-16(12,6)7)14(19)20-15(3,4)5/h9H,8,10,17H2,1-7H3/b11-9+. The lowest BCUT2D eigenvalue weighted by Gasteiger charge is -2.27. The first-order valence-corrected chi connectivity index (χ1v) is 7.16. The van der Waals surface area contributed by atoms with Crippen LogP contribution in [-0.2, 0) is 4.74 Å². The summed E-state index contributed by atoms with van der Waals surface area (Å²) in [6.45, 7) is 14.5. The smallest absolute Gasteiger partial charge is 0.414 e. The second kappa shape index (κ2) is 5.51. The molecule has 0 atom stereocenters. The van der Waals surface area contributed by atoms with Crippen molar-refractivity contribution in [3.63, 3.8) is 0 Å². The van der Waals surface area contributed by atoms with Gasteiger partial charge in [0.1, 0.15) is 5.60 Å². The van der Waals surface area contributed by atoms with Crippen molar-refractivity contribution in [2.24, 2.45) is 11.1 Å². The number of ether oxygens (including phenoxy) is 1. The van der Waals surface area contributed by atoms with Gasteiger partial charge in [0, 0.05) is 23.4 Å². The fraction of sp³-hybridized carbons (Fsp3) is 0.688. The first-order chi connectivity index (χ1) is 8.98. The summed E-state index contributed by atoms with van der Waals surface area (Å²) in [7, 11) is 0. The highest BCUT2D eigenvalue weighted by Crippen LogP contribution is 2.41. The minimum Gasteiger partial charge on any atom is -0.443 e. The van der Waals surface area contributed by atoms with Gasteiger partial charge in [0.2, 0.25) is 0 Å². The topological polar surface area (TPSA) is 55.6 Å². The molecule has 20 heavy (non-hydrogen) atoms. The predicted molar refractivity (Wildman–Crippen MR) is 82.0 cm³/mol. The third-order valence-electron chi connectivity index (χ3n) is 3.30. The monoisotopic (exact) mass is 280 g/mol. The quantitative estimate of drug-likeness (QED) is 0.837. The van der Waals surface area contributed by atoms with E-state index in [1.165, 1.54) is 5.57 Å². The molecule has 0 fully saturated rings. The lowest BCUT2D eigenvalue weighted by atomic mass is 9.84. The molecule has 0 aliphatic carbocycles. The molecule has 0 bridgehead atoms. The molecule has 0 aromatic heterocycles. The molecular weight excluding hydrogens is 252 g/mol. The molecule has 1 aliphatic rings. The van der Waals surface area contributed by atoms with Crippen LogP contribution in [0.5, 0.6) is 0 Å². The average molecular weight is 280 g/mol. The third-order valence-corrected chi connectivity index (χ3v) is 3.30. The highest BCUT2D eigenvalue weighted by molar-refractivity contribution is 5.73. The van der Waals surface area contributed by atoms with Gasteiger partial charge in [0.25, 0.3) is 0 Å². The van der Waals surface area contributed by atoms with Crippen LogP contribution in [0.3, 0.4) is 0 Å². The molecule has 0 radical (unpaired) electrons. The minimum atomic E-state index is -0.497. The summed E-state index contributed by atoms with van der Waals surface area (Å²) >= 11 is 0. The van der Waals surface area contributed by atoms with Gasteiger partial charge in [0.15, 0.2) is 0 Å². The van der Waals surface area contributed by atoms with Gasteiger partial charge in [-0.05, 0) is 45.8 Å². The zero-order valence-electron chi connectivity index (χ0n) is 13.8. The van der Waals surface area contributed by atoms with Crippen LogP contribution in [0.25, 0.3) is 0 Å². The normalized spacial score (nSPS) is 19.6. The second-order valence-electron chi connectivity index (χ2n) is 7.06. The van der Waals surface area contributed by atoms with Crippen molar-refractivity contribution in [3.8, 4) is 0 Å². The number of carbonyl (C=O) groups excluding carboxylic acids is 1. The van der Waals surface area contributed by atoms with Crippen LogP contribution in [0.1, 0.15) is 54.9 Å². The number of nitrogens with zero attached hydrogens (tertiary/aromatic N) is 1. The van der Waals surface area contributed by atoms with Crippen molar-refractivity contribution in [2.45, 2.75) is 60.5 Å². The first kappa shape index (κ1) is 16.6. The number of hydrogen-bond acceptors (Lipinski definition) is 3. The molecule has 2 N–H and O–H groups in total. The van der Waals surface area contributed by atoms with Gasteiger partial charge >= 0.3 is 6.09 Å². The number of amides is 1. The van der Waals surface area contributed by atoms with Crippen molar-refractivity contribution >= 4 is 6.09 Å². The molecular formula is C16H28N2O2. The summed E-state index contributed by atoms with van der Waals surface area (Å²) in [5.41, 5.74) is 8.10. The maximum absolute atomic E-state index is 12.4. The van der Waals surface area contributed by atoms with Gasteiger partial charge in [-0.3, -0.25) is 4.90 Å². The van der Waals surface area contributed by atoms with E-state index in [2.05, 4.69) is 20.8 Å². The Labute approximate surface area is 122 Å². The Kier molecular flexibility index (Phi) is 4.57. The Balaban J connectivity index is 3.18. The number of allylic oxidation sites excluding steroid dienone is 2. The molecule has 4 nitrogen and oxygen atoms in total. The van der Waals surface area contributed by atoms with E-state index in [9.17, 15) is 4.79 Å². The number of nitrogens with two attached hydrogens (primary N) is 1. The lowest BCUT2D eigenvalue weighted by Crippen LogP contribution is -2.36. The molecule has 1 amide bonds. The molecule has 0 saturated heterocycles. The zero-order chi connectivity index (χ0) is 15.7. The Bertz CT molecular complexity index is 450. The van der Waals surface area contributed by atoms with E-state index in [1.807, 2.05) is 33.8 Å². The molecule has 0 aromatic rings. The highest BCUT2D eigenvalue weighted by Gasteiger charge is 2.40. The van der Waals surface area contributed by atoms with E-state index >= 15 is 0 Å². The van der Waals surface area contributed by atoms with Crippen LogP contribution in [0, 0.1) is 5.41 Å². The van der Waals surface area contributed by atoms with Gasteiger partial charge in [-0.1, -0.05) is 20.8 Å². The fourth-order valence-corrected chi connectivity index (χ4v) is 2.61. The summed E-state index contributed by atoms with van der Waals surface area (Å²) in [6, 6.07) is 0. The summed E-state index contributed by atoms with van der Waals surface area (Å²) in [6.07, 6.45) is 2.46. The van der Waals surface area contributed by atoms with E-state index in [-0.39, 0.29) is 11.5 Å². The van der Waals surface area contributed by atoms with Crippen molar-refractivity contribution in [3.05, 3.63) is 23.0 Å². The summed E-state index contributed by atoms with van der Waals surface area (Å²) < 4.78 is 5.50. The molecule has 1 rings (SSSR count). The highest BCUT2D eigenvalue weighted by atomic mass is 16.6. The number of rotatable bonds is 2. The van der Waals surface area contributed by atoms with Gasteiger partial charge in [-0.2, -0.15) is 0 Å². The second-order valence-corrected chi connectivity index (χ2v) is 7.06. The Morgan fingerprint density at radius 3 is 2.40 bits per heavy atom. The molecule has 0 saturated carbocycles. The largest absolute Gasteiger partial charge is 0.443 e. The third kappa shape index (κ3) is 3.78. The van der Waals surface area contributed by atoms with Crippen molar-refractivity contribution < 1.29 is 9.53 Å². The predicted octanol–water partition coefficient (Wildman–Crippen LogP) is 3.79. The Hall–Kier alpha value is -1.45. The summed E-state index contributed by atoms with van der Waals surface area (Å²) in [5, 5.41) is 0. The van der Waals surface area contributed by atoms with Gasteiger partial charge in [-0.15, -0.1) is 0 Å². The Morgan fingerprint density at radius 2 is 2.00 bits per heavy atom. The van der Waals surface area contributed by atoms with Gasteiger partial charge in [-0.25, -0.2) is 4.79 Å². The van der Waals surface area contributed by atoms with E-state index in [0.717, 1.165) is 12.1 Å². The van der Waals surface area contributed by atoms with Crippen LogP contribution in [0.2, 0.25) is 0 Å². The van der Waals surface area contributed by atoms with Crippen molar-refractivity contribution in [2.75, 3.05) is 6.54 Å². The van der Waals surface area contributed by atoms with Crippen LogP contribution >= 0.6 is 0 Å². The number of hydrogen-bond donors (Lipinski definition) is 1. The lowest BCUT2D eigenvalue weighted by molar-refractivity contribution is 0.0310. The molecule has 114 valence electrons. The van der Waals surface area contributed by atoms with Crippen molar-refractivity contribution in [1.29, 1.82) is 0 Å². The SMILES string of the molecule is CCC1=C(/C=C(\C)N)N(C(=O)OC(C)(C)C)CC1(C)C. The molecule has 1 aliphatic heterocycles. The van der Waals surface area contributed by atoms with E-state index < -0.39 is 5.60 Å². The van der Waals surface area contributed by atoms with E-state index in [0.29, 0.717) is 12.2 Å². The van der Waals surface area contributed by atoms with Gasteiger partial charge in [0.05, 0.1) is 0 Å². The van der Waals surface area contributed by atoms with E-state index in [1.54, 1.807) is 4.90 Å². The average Bonchev–Trinajstić information content (AvgIpc) is 2.46. The van der Waals surface area contributed by atoms with Crippen LogP contribution < -0.4 is 5.73 Å². The van der Waals surface area contributed by atoms with Crippen LogP contribution in [-0.4, -0.2) is 23.1 Å². The zero-order valence-corrected chi connectivity index (χ0v) is 13.8. The maximum Gasteiger partial charge on any atom is 0.414 e. The maximum atomic E-state index is 12.4. The summed E-state index contributed by atoms with van der Waals surface area (Å²) in [4.78, 5) is 14.1. The first-order valence-electron chi connectivity index (χ1n) is 7.16. The molecule has 0 unspecified atom stereocenters. The summed E-state index contributed by atoms with van der Waals surface area (Å²) in [5.74, 6) is 0. The molecule has 4 heteroatoms. The Morgan fingerprint density at radius 1 is 1.45 bits per heavy atom. The molecule has 0 aromatic carbocycles. The van der Waals surface area contributed by atoms with Crippen LogP contribution in [0.4, 0.5) is 4.79 Å². The molecule has 0 spiro atoms. The molecule has 1 heterocycles. The van der Waals surface area contributed by atoms with Crippen molar-refractivity contribution in [1.82, 2.24) is 4.90 Å². The van der Waals surface area contributed by atoms with Crippen LogP contribution in [0.15, 0.2) is 23.0 Å². The van der Waals surface area contributed by atoms with E-state index in [4.69, 9.17) is 10.5 Å². The number of carbonyl (C=O) groups is 1.